The number of pyridine rings is 1. The predicted octanol–water partition coefficient (Wildman–Crippen LogP) is 1.74. The molecular weight excluding hydrogens is 220 g/mol. The number of nitrogens with zero attached hydrogens (tertiary/aromatic N) is 2. The zero-order valence-corrected chi connectivity index (χ0v) is 10.1. The van der Waals surface area contributed by atoms with Crippen molar-refractivity contribution in [3.05, 3.63) is 40.0 Å². The van der Waals surface area contributed by atoms with Gasteiger partial charge in [-0.15, -0.1) is 11.3 Å². The zero-order valence-electron chi connectivity index (χ0n) is 9.27. The predicted molar refractivity (Wildman–Crippen MR) is 66.4 cm³/mol. The summed E-state index contributed by atoms with van der Waals surface area (Å²) in [7, 11) is 1.90. The molecule has 2 rings (SSSR count). The van der Waals surface area contributed by atoms with Gasteiger partial charge >= 0.3 is 0 Å². The first kappa shape index (κ1) is 11.0. The van der Waals surface area contributed by atoms with Crippen LogP contribution in [0.25, 0.3) is 0 Å². The Morgan fingerprint density at radius 1 is 1.44 bits per heavy atom. The van der Waals surface area contributed by atoms with Gasteiger partial charge in [0.05, 0.1) is 17.2 Å². The maximum absolute atomic E-state index is 5.93. The molecular formula is C11H14N4S. The Kier molecular flexibility index (Phi) is 3.17. The molecule has 0 aliphatic heterocycles. The molecule has 0 fully saturated rings. The van der Waals surface area contributed by atoms with Crippen molar-refractivity contribution in [2.24, 2.45) is 0 Å². The Morgan fingerprint density at radius 3 is 2.81 bits per heavy atom. The van der Waals surface area contributed by atoms with Crippen LogP contribution in [0.2, 0.25) is 0 Å². The van der Waals surface area contributed by atoms with E-state index in [1.54, 1.807) is 17.5 Å². The molecule has 1 unspecified atom stereocenters. The minimum atomic E-state index is 0.0138. The lowest BCUT2D eigenvalue weighted by molar-refractivity contribution is 0.671. The Balaban J connectivity index is 2.49. The van der Waals surface area contributed by atoms with Crippen molar-refractivity contribution in [1.82, 2.24) is 15.3 Å². The monoisotopic (exact) mass is 234 g/mol. The number of thiazole rings is 1. The average Bonchev–Trinajstić information content (AvgIpc) is 2.77. The standard InChI is InChI=1S/C11H14N4S/c1-7-3-4-14-11(12)9(7)10(13-2)8-5-16-6-15-8/h3-6,10,13H,1-2H3,(H2,12,14). The molecule has 0 aliphatic rings. The smallest absolute Gasteiger partial charge is 0.128 e. The van der Waals surface area contributed by atoms with Crippen molar-refractivity contribution in [2.75, 3.05) is 12.8 Å². The number of nitrogen functional groups attached to an aromatic ring is 1. The number of hydrogen-bond donors (Lipinski definition) is 2. The largest absolute Gasteiger partial charge is 0.383 e. The molecule has 16 heavy (non-hydrogen) atoms. The van der Waals surface area contributed by atoms with Gasteiger partial charge in [-0.3, -0.25) is 0 Å². The normalized spacial score (nSPS) is 12.6. The van der Waals surface area contributed by atoms with E-state index >= 15 is 0 Å². The Morgan fingerprint density at radius 2 is 2.25 bits per heavy atom. The van der Waals surface area contributed by atoms with E-state index in [-0.39, 0.29) is 6.04 Å². The lowest BCUT2D eigenvalue weighted by Gasteiger charge is -2.18. The third-order valence-electron chi connectivity index (χ3n) is 2.56. The van der Waals surface area contributed by atoms with Crippen molar-refractivity contribution in [3.63, 3.8) is 0 Å². The van der Waals surface area contributed by atoms with Gasteiger partial charge in [0, 0.05) is 17.1 Å². The Hall–Kier alpha value is -1.46. The molecule has 0 spiro atoms. The molecule has 2 aromatic rings. The van der Waals surface area contributed by atoms with E-state index < -0.39 is 0 Å². The molecule has 0 aliphatic carbocycles. The van der Waals surface area contributed by atoms with Crippen LogP contribution < -0.4 is 11.1 Å². The van der Waals surface area contributed by atoms with E-state index in [0.717, 1.165) is 16.8 Å². The van der Waals surface area contributed by atoms with Crippen LogP contribution in [0.1, 0.15) is 22.9 Å². The van der Waals surface area contributed by atoms with Crippen molar-refractivity contribution >= 4 is 17.2 Å². The SMILES string of the molecule is CNC(c1cscn1)c1c(C)ccnc1N. The summed E-state index contributed by atoms with van der Waals surface area (Å²) in [5.74, 6) is 0.562. The molecule has 0 bridgehead atoms. The van der Waals surface area contributed by atoms with Gasteiger partial charge in [-0.2, -0.15) is 0 Å². The number of anilines is 1. The summed E-state index contributed by atoms with van der Waals surface area (Å²) in [5.41, 5.74) is 10.9. The van der Waals surface area contributed by atoms with Crippen molar-refractivity contribution < 1.29 is 0 Å². The van der Waals surface area contributed by atoms with Crippen LogP contribution in [-0.2, 0) is 0 Å². The minimum absolute atomic E-state index is 0.0138. The molecule has 4 nitrogen and oxygen atoms in total. The summed E-state index contributed by atoms with van der Waals surface area (Å²) < 4.78 is 0. The van der Waals surface area contributed by atoms with Crippen molar-refractivity contribution in [3.8, 4) is 0 Å². The highest BCUT2D eigenvalue weighted by molar-refractivity contribution is 7.07. The third kappa shape index (κ3) is 1.91. The third-order valence-corrected chi connectivity index (χ3v) is 3.17. The fraction of sp³-hybridized carbons (Fsp3) is 0.273. The second-order valence-electron chi connectivity index (χ2n) is 3.56. The van der Waals surface area contributed by atoms with Crippen molar-refractivity contribution in [1.29, 1.82) is 0 Å². The molecule has 0 radical (unpaired) electrons. The van der Waals surface area contributed by atoms with Gasteiger partial charge in [-0.25, -0.2) is 9.97 Å². The fourth-order valence-corrected chi connectivity index (χ4v) is 2.35. The van der Waals surface area contributed by atoms with E-state index in [2.05, 4.69) is 15.3 Å². The summed E-state index contributed by atoms with van der Waals surface area (Å²) in [6.45, 7) is 2.03. The molecule has 0 saturated carbocycles. The topological polar surface area (TPSA) is 63.8 Å². The number of rotatable bonds is 3. The van der Waals surface area contributed by atoms with Crippen LogP contribution in [0.4, 0.5) is 5.82 Å². The van der Waals surface area contributed by atoms with Gasteiger partial charge in [-0.1, -0.05) is 0 Å². The molecule has 5 heteroatoms. The van der Waals surface area contributed by atoms with Gasteiger partial charge in [-0.05, 0) is 25.6 Å². The molecule has 84 valence electrons. The van der Waals surface area contributed by atoms with Crippen LogP contribution in [0, 0.1) is 6.92 Å². The molecule has 2 heterocycles. The number of nitrogens with two attached hydrogens (primary N) is 1. The first-order valence-electron chi connectivity index (χ1n) is 5.00. The van der Waals surface area contributed by atoms with Crippen LogP contribution in [0.5, 0.6) is 0 Å². The van der Waals surface area contributed by atoms with E-state index in [9.17, 15) is 0 Å². The second-order valence-corrected chi connectivity index (χ2v) is 4.28. The first-order chi connectivity index (χ1) is 7.74. The fourth-order valence-electron chi connectivity index (χ4n) is 1.77. The van der Waals surface area contributed by atoms with Gasteiger partial charge in [0.25, 0.3) is 0 Å². The van der Waals surface area contributed by atoms with Gasteiger partial charge in [0.1, 0.15) is 5.82 Å². The quantitative estimate of drug-likeness (QED) is 0.849. The summed E-state index contributed by atoms with van der Waals surface area (Å²) in [6, 6.07) is 1.97. The van der Waals surface area contributed by atoms with E-state index in [4.69, 9.17) is 5.73 Å². The summed E-state index contributed by atoms with van der Waals surface area (Å²) in [4.78, 5) is 8.45. The lowest BCUT2D eigenvalue weighted by atomic mass is 10.0. The second kappa shape index (κ2) is 4.59. The highest BCUT2D eigenvalue weighted by Crippen LogP contribution is 2.27. The first-order valence-corrected chi connectivity index (χ1v) is 5.94. The number of hydrogen-bond acceptors (Lipinski definition) is 5. The highest BCUT2D eigenvalue weighted by Gasteiger charge is 2.19. The minimum Gasteiger partial charge on any atom is -0.383 e. The van der Waals surface area contributed by atoms with E-state index in [0.29, 0.717) is 5.82 Å². The van der Waals surface area contributed by atoms with E-state index in [1.807, 2.05) is 30.9 Å². The Labute approximate surface area is 98.6 Å². The molecule has 0 saturated heterocycles. The van der Waals surface area contributed by atoms with Crippen LogP contribution >= 0.6 is 11.3 Å². The lowest BCUT2D eigenvalue weighted by Crippen LogP contribution is -2.21. The number of aryl methyl sites for hydroxylation is 1. The van der Waals surface area contributed by atoms with Gasteiger partial charge < -0.3 is 11.1 Å². The van der Waals surface area contributed by atoms with Crippen molar-refractivity contribution in [2.45, 2.75) is 13.0 Å². The molecule has 0 aromatic carbocycles. The van der Waals surface area contributed by atoms with E-state index in [1.165, 1.54) is 0 Å². The summed E-state index contributed by atoms with van der Waals surface area (Å²) in [6.07, 6.45) is 1.72. The Bertz CT molecular complexity index is 447. The van der Waals surface area contributed by atoms with Gasteiger partial charge in [0.2, 0.25) is 0 Å². The summed E-state index contributed by atoms with van der Waals surface area (Å²) in [5, 5.41) is 5.25. The van der Waals surface area contributed by atoms with Crippen LogP contribution in [-0.4, -0.2) is 17.0 Å². The van der Waals surface area contributed by atoms with Crippen LogP contribution in [0.15, 0.2) is 23.2 Å². The maximum Gasteiger partial charge on any atom is 0.128 e. The summed E-state index contributed by atoms with van der Waals surface area (Å²) >= 11 is 1.58. The number of nitrogens with one attached hydrogen (secondary N) is 1. The molecule has 2 aromatic heterocycles. The van der Waals surface area contributed by atoms with Crippen LogP contribution in [0.3, 0.4) is 0 Å². The zero-order chi connectivity index (χ0) is 11.5. The highest BCUT2D eigenvalue weighted by atomic mass is 32.1. The molecule has 0 amide bonds. The maximum atomic E-state index is 5.93. The average molecular weight is 234 g/mol. The van der Waals surface area contributed by atoms with Gasteiger partial charge in [0.15, 0.2) is 0 Å². The number of aromatic nitrogens is 2. The molecule has 1 atom stereocenters. The molecule has 3 N–H and O–H groups in total.